The number of hydrogen-bond acceptors (Lipinski definition) is 2. The van der Waals surface area contributed by atoms with Crippen LogP contribution in [0.1, 0.15) is 10.4 Å². The van der Waals surface area contributed by atoms with Crippen molar-refractivity contribution in [3.63, 3.8) is 0 Å². The molecule has 0 saturated heterocycles. The molecule has 0 saturated carbocycles. The molecule has 2 aromatic carbocycles. The van der Waals surface area contributed by atoms with E-state index in [1.807, 2.05) is 0 Å². The normalized spacial score (nSPS) is 9.89. The fourth-order valence-corrected chi connectivity index (χ4v) is 1.72. The van der Waals surface area contributed by atoms with Crippen molar-refractivity contribution >= 4 is 34.8 Å². The predicted octanol–water partition coefficient (Wildman–Crippen LogP) is 3.75. The Balaban J connectivity index is 2.01. The van der Waals surface area contributed by atoms with Crippen molar-refractivity contribution in [3.05, 3.63) is 64.1 Å². The van der Waals surface area contributed by atoms with Crippen LogP contribution in [0.3, 0.4) is 0 Å². The van der Waals surface area contributed by atoms with Gasteiger partial charge in [0.25, 0.3) is 5.91 Å². The quantitative estimate of drug-likeness (QED) is 0.841. The molecule has 5 heteroatoms. The highest BCUT2D eigenvalue weighted by Crippen LogP contribution is 2.15. The van der Waals surface area contributed by atoms with Crippen molar-refractivity contribution in [3.8, 4) is 0 Å². The second-order valence-corrected chi connectivity index (χ2v) is 4.41. The third-order valence-electron chi connectivity index (χ3n) is 2.28. The predicted molar refractivity (Wildman–Crippen MR) is 74.0 cm³/mol. The van der Waals surface area contributed by atoms with Crippen LogP contribution in [0.5, 0.6) is 0 Å². The van der Waals surface area contributed by atoms with E-state index in [9.17, 15) is 4.79 Å². The van der Waals surface area contributed by atoms with Gasteiger partial charge in [-0.3, -0.25) is 15.6 Å². The summed E-state index contributed by atoms with van der Waals surface area (Å²) in [6.45, 7) is 0. The molecule has 0 aromatic heterocycles. The van der Waals surface area contributed by atoms with Crippen LogP contribution in [0.2, 0.25) is 10.0 Å². The number of nitrogens with one attached hydrogen (secondary N) is 2. The second kappa shape index (κ2) is 5.76. The number of rotatable bonds is 3. The zero-order valence-corrected chi connectivity index (χ0v) is 10.8. The number of anilines is 1. The first kappa shape index (κ1) is 12.7. The summed E-state index contributed by atoms with van der Waals surface area (Å²) in [5.74, 6) is -0.296. The first-order valence-corrected chi connectivity index (χ1v) is 5.99. The first-order chi connectivity index (χ1) is 8.66. The third kappa shape index (κ3) is 3.15. The van der Waals surface area contributed by atoms with Crippen LogP contribution in [0.4, 0.5) is 5.69 Å². The molecule has 2 aromatic rings. The van der Waals surface area contributed by atoms with E-state index in [4.69, 9.17) is 23.2 Å². The summed E-state index contributed by atoms with van der Waals surface area (Å²) in [6, 6.07) is 13.8. The lowest BCUT2D eigenvalue weighted by Crippen LogP contribution is -2.29. The second-order valence-electron chi connectivity index (χ2n) is 3.57. The molecule has 2 N–H and O–H groups in total. The number of carbonyl (C=O) groups is 1. The van der Waals surface area contributed by atoms with Gasteiger partial charge in [0, 0.05) is 5.02 Å². The number of hydrazine groups is 1. The van der Waals surface area contributed by atoms with Gasteiger partial charge in [0.2, 0.25) is 0 Å². The monoisotopic (exact) mass is 280 g/mol. The Bertz CT molecular complexity index is 555. The highest BCUT2D eigenvalue weighted by molar-refractivity contribution is 6.33. The molecule has 0 radical (unpaired) electrons. The summed E-state index contributed by atoms with van der Waals surface area (Å²) < 4.78 is 0. The summed E-state index contributed by atoms with van der Waals surface area (Å²) in [4.78, 5) is 11.8. The van der Waals surface area contributed by atoms with Gasteiger partial charge < -0.3 is 0 Å². The fraction of sp³-hybridized carbons (Fsp3) is 0. The molecule has 0 heterocycles. The summed E-state index contributed by atoms with van der Waals surface area (Å²) in [6.07, 6.45) is 0. The van der Waals surface area contributed by atoms with Gasteiger partial charge in [-0.15, -0.1) is 0 Å². The molecule has 0 atom stereocenters. The molecule has 3 nitrogen and oxygen atoms in total. The Hall–Kier alpha value is -1.71. The van der Waals surface area contributed by atoms with Gasteiger partial charge in [-0.25, -0.2) is 0 Å². The molecular formula is C13H10Cl2N2O. The third-order valence-corrected chi connectivity index (χ3v) is 2.86. The molecule has 1 amide bonds. The van der Waals surface area contributed by atoms with Crippen molar-refractivity contribution in [2.75, 3.05) is 5.43 Å². The summed E-state index contributed by atoms with van der Waals surface area (Å²) in [7, 11) is 0. The topological polar surface area (TPSA) is 41.1 Å². The standard InChI is InChI=1S/C13H10Cl2N2O/c14-9-5-7-10(8-6-9)16-17-13(18)11-3-1-2-4-12(11)15/h1-8,16H,(H,17,18). The molecule has 0 unspecified atom stereocenters. The van der Waals surface area contributed by atoms with E-state index in [1.54, 1.807) is 48.5 Å². The summed E-state index contributed by atoms with van der Waals surface area (Å²) >= 11 is 11.7. The Morgan fingerprint density at radius 3 is 2.28 bits per heavy atom. The van der Waals surface area contributed by atoms with Gasteiger partial charge in [0.05, 0.1) is 16.3 Å². The van der Waals surface area contributed by atoms with E-state index in [0.29, 0.717) is 15.6 Å². The zero-order chi connectivity index (χ0) is 13.0. The molecule has 0 bridgehead atoms. The summed E-state index contributed by atoms with van der Waals surface area (Å²) in [5.41, 5.74) is 6.49. The zero-order valence-electron chi connectivity index (χ0n) is 9.28. The number of hydrogen-bond donors (Lipinski definition) is 2. The summed E-state index contributed by atoms with van der Waals surface area (Å²) in [5, 5.41) is 1.05. The van der Waals surface area contributed by atoms with Crippen LogP contribution >= 0.6 is 23.2 Å². The highest BCUT2D eigenvalue weighted by Gasteiger charge is 2.08. The van der Waals surface area contributed by atoms with Crippen molar-refractivity contribution in [2.45, 2.75) is 0 Å². The largest absolute Gasteiger partial charge is 0.298 e. The van der Waals surface area contributed by atoms with E-state index in [2.05, 4.69) is 10.9 Å². The van der Waals surface area contributed by atoms with Crippen molar-refractivity contribution in [1.29, 1.82) is 0 Å². The maximum absolute atomic E-state index is 11.8. The number of benzene rings is 2. The van der Waals surface area contributed by atoms with Gasteiger partial charge in [-0.2, -0.15) is 0 Å². The molecule has 2 rings (SSSR count). The highest BCUT2D eigenvalue weighted by atomic mass is 35.5. The Morgan fingerprint density at radius 1 is 0.944 bits per heavy atom. The maximum atomic E-state index is 11.8. The van der Waals surface area contributed by atoms with Crippen molar-refractivity contribution in [2.24, 2.45) is 0 Å². The molecule has 92 valence electrons. The van der Waals surface area contributed by atoms with E-state index in [-0.39, 0.29) is 5.91 Å². The SMILES string of the molecule is O=C(NNc1ccc(Cl)cc1)c1ccccc1Cl. The Kier molecular flexibility index (Phi) is 4.07. The van der Waals surface area contributed by atoms with E-state index in [1.165, 1.54) is 0 Å². The average molecular weight is 281 g/mol. The van der Waals surface area contributed by atoms with Gasteiger partial charge in [-0.1, -0.05) is 35.3 Å². The van der Waals surface area contributed by atoms with Crippen LogP contribution in [0.15, 0.2) is 48.5 Å². The van der Waals surface area contributed by atoms with E-state index < -0.39 is 0 Å². The smallest absolute Gasteiger partial charge is 0.271 e. The average Bonchev–Trinajstić information content (AvgIpc) is 2.38. The molecule has 0 aliphatic carbocycles. The van der Waals surface area contributed by atoms with Crippen LogP contribution in [-0.2, 0) is 0 Å². The van der Waals surface area contributed by atoms with Gasteiger partial charge in [0.1, 0.15) is 0 Å². The number of carbonyl (C=O) groups excluding carboxylic acids is 1. The van der Waals surface area contributed by atoms with Gasteiger partial charge in [-0.05, 0) is 36.4 Å². The Morgan fingerprint density at radius 2 is 1.61 bits per heavy atom. The van der Waals surface area contributed by atoms with Crippen molar-refractivity contribution in [1.82, 2.24) is 5.43 Å². The molecular weight excluding hydrogens is 271 g/mol. The van der Waals surface area contributed by atoms with Crippen LogP contribution in [0.25, 0.3) is 0 Å². The molecule has 0 aliphatic heterocycles. The first-order valence-electron chi connectivity index (χ1n) is 5.23. The van der Waals surface area contributed by atoms with Gasteiger partial charge >= 0.3 is 0 Å². The molecule has 0 aliphatic rings. The minimum Gasteiger partial charge on any atom is -0.298 e. The van der Waals surface area contributed by atoms with Gasteiger partial charge in [0.15, 0.2) is 0 Å². The van der Waals surface area contributed by atoms with E-state index >= 15 is 0 Å². The Labute approximate surface area is 115 Å². The number of amides is 1. The maximum Gasteiger partial charge on any atom is 0.271 e. The lowest BCUT2D eigenvalue weighted by atomic mass is 10.2. The molecule has 0 fully saturated rings. The molecule has 0 spiro atoms. The minimum absolute atomic E-state index is 0.296. The lowest BCUT2D eigenvalue weighted by Gasteiger charge is -2.09. The number of halogens is 2. The van der Waals surface area contributed by atoms with Crippen LogP contribution in [-0.4, -0.2) is 5.91 Å². The van der Waals surface area contributed by atoms with Crippen molar-refractivity contribution < 1.29 is 4.79 Å². The fourth-order valence-electron chi connectivity index (χ4n) is 1.37. The van der Waals surface area contributed by atoms with Crippen LogP contribution in [0, 0.1) is 0 Å². The lowest BCUT2D eigenvalue weighted by molar-refractivity contribution is 0.0963. The van der Waals surface area contributed by atoms with E-state index in [0.717, 1.165) is 5.69 Å². The minimum atomic E-state index is -0.296. The van der Waals surface area contributed by atoms with Crippen LogP contribution < -0.4 is 10.9 Å². The molecule has 18 heavy (non-hydrogen) atoms.